The maximum Gasteiger partial charge on any atom is 0.252 e. The average molecular weight is 544 g/mol. The maximum atomic E-state index is 11.9. The zero-order valence-electron chi connectivity index (χ0n) is 22.3. The highest BCUT2D eigenvalue weighted by Gasteiger charge is 2.15. The van der Waals surface area contributed by atoms with E-state index < -0.39 is 12.0 Å². The molecule has 0 spiro atoms. The first-order valence-electron chi connectivity index (χ1n) is 12.9. The van der Waals surface area contributed by atoms with Gasteiger partial charge in [-0.05, 0) is 59.7 Å². The molecule has 4 rings (SSSR count). The molecule has 0 fully saturated rings. The van der Waals surface area contributed by atoms with Crippen molar-refractivity contribution in [2.75, 3.05) is 26.3 Å². The quantitative estimate of drug-likeness (QED) is 0.236. The van der Waals surface area contributed by atoms with Crippen LogP contribution in [0.3, 0.4) is 0 Å². The molecule has 0 saturated heterocycles. The molecule has 0 saturated carbocycles. The van der Waals surface area contributed by atoms with Gasteiger partial charge in [0.1, 0.15) is 36.6 Å². The Labute approximate surface area is 232 Å². The van der Waals surface area contributed by atoms with Crippen LogP contribution in [0.15, 0.2) is 95.8 Å². The molecule has 0 radical (unpaired) electrons. The number of carbonyl (C=O) groups excluding carboxylic acids is 1. The number of carbonyl (C=O) groups is 1. The molecule has 40 heavy (non-hydrogen) atoms. The van der Waals surface area contributed by atoms with E-state index in [2.05, 4.69) is 4.90 Å². The van der Waals surface area contributed by atoms with Gasteiger partial charge >= 0.3 is 0 Å². The van der Waals surface area contributed by atoms with Crippen molar-refractivity contribution in [3.05, 3.63) is 112 Å². The number of amides is 1. The van der Waals surface area contributed by atoms with Crippen LogP contribution in [0.25, 0.3) is 11.3 Å². The molecule has 1 aromatic heterocycles. The van der Waals surface area contributed by atoms with Gasteiger partial charge in [0.15, 0.2) is 0 Å². The molecule has 3 aromatic carbocycles. The number of nitrogens with zero attached hydrogens (tertiary/aromatic N) is 2. The van der Waals surface area contributed by atoms with Gasteiger partial charge < -0.3 is 30.0 Å². The summed E-state index contributed by atoms with van der Waals surface area (Å²) in [6.07, 6.45) is -0.770. The maximum absolute atomic E-state index is 11.9. The summed E-state index contributed by atoms with van der Waals surface area (Å²) < 4.78 is 13.2. The second-order valence-corrected chi connectivity index (χ2v) is 9.41. The molecule has 0 aliphatic carbocycles. The second-order valence-electron chi connectivity index (χ2n) is 9.41. The van der Waals surface area contributed by atoms with E-state index in [9.17, 15) is 19.8 Å². The van der Waals surface area contributed by atoms with E-state index in [-0.39, 0.29) is 30.1 Å². The number of aromatic hydroxyl groups is 1. The smallest absolute Gasteiger partial charge is 0.252 e. The van der Waals surface area contributed by atoms with Crippen LogP contribution in [-0.4, -0.2) is 58.0 Å². The van der Waals surface area contributed by atoms with Gasteiger partial charge in [0.2, 0.25) is 0 Å². The first-order valence-corrected chi connectivity index (χ1v) is 12.9. The molecule has 9 nitrogen and oxygen atoms in total. The van der Waals surface area contributed by atoms with Crippen molar-refractivity contribution < 1.29 is 24.5 Å². The zero-order valence-corrected chi connectivity index (χ0v) is 22.3. The number of ether oxygens (including phenoxy) is 2. The van der Waals surface area contributed by atoms with Crippen molar-refractivity contribution in [2.45, 2.75) is 12.6 Å². The lowest BCUT2D eigenvalue weighted by Crippen LogP contribution is -2.37. The number of pyridine rings is 1. The van der Waals surface area contributed by atoms with Crippen molar-refractivity contribution in [3.63, 3.8) is 0 Å². The number of phenols is 1. The summed E-state index contributed by atoms with van der Waals surface area (Å²) in [6.45, 7) is 1.80. The molecule has 1 atom stereocenters. The summed E-state index contributed by atoms with van der Waals surface area (Å²) in [4.78, 5) is 25.5. The fourth-order valence-electron chi connectivity index (χ4n) is 4.29. The topological polar surface area (TPSA) is 127 Å². The van der Waals surface area contributed by atoms with Crippen molar-refractivity contribution in [3.8, 4) is 28.5 Å². The average Bonchev–Trinajstić information content (AvgIpc) is 2.95. The number of nitrogens with two attached hydrogens (primary N) is 1. The number of primary amides is 1. The van der Waals surface area contributed by atoms with Gasteiger partial charge in [0.05, 0.1) is 11.3 Å². The van der Waals surface area contributed by atoms with E-state index in [1.165, 1.54) is 18.2 Å². The van der Waals surface area contributed by atoms with E-state index in [1.807, 2.05) is 60.7 Å². The van der Waals surface area contributed by atoms with Gasteiger partial charge in [-0.3, -0.25) is 14.5 Å². The number of aliphatic hydroxyl groups excluding tert-OH is 1. The third-order valence-electron chi connectivity index (χ3n) is 6.40. The molecule has 0 aliphatic heterocycles. The minimum atomic E-state index is -0.770. The number of aromatic nitrogens is 1. The van der Waals surface area contributed by atoms with Crippen molar-refractivity contribution in [1.29, 1.82) is 0 Å². The molecule has 208 valence electrons. The minimum Gasteiger partial charge on any atom is -0.507 e. The van der Waals surface area contributed by atoms with Gasteiger partial charge in [0, 0.05) is 32.7 Å². The number of benzene rings is 3. The van der Waals surface area contributed by atoms with Crippen LogP contribution in [0, 0.1) is 0 Å². The van der Waals surface area contributed by atoms with Gasteiger partial charge in [-0.2, -0.15) is 0 Å². The first-order chi connectivity index (χ1) is 19.3. The molecule has 1 amide bonds. The van der Waals surface area contributed by atoms with Crippen molar-refractivity contribution in [1.82, 2.24) is 9.47 Å². The highest BCUT2D eigenvalue weighted by Crippen LogP contribution is 2.23. The highest BCUT2D eigenvalue weighted by molar-refractivity contribution is 5.95. The van der Waals surface area contributed by atoms with Crippen LogP contribution in [0.2, 0.25) is 0 Å². The normalized spacial score (nSPS) is 11.8. The van der Waals surface area contributed by atoms with E-state index in [0.29, 0.717) is 31.1 Å². The molecule has 1 heterocycles. The number of hydrogen-bond acceptors (Lipinski definition) is 7. The second kappa shape index (κ2) is 13.5. The molecule has 4 N–H and O–H groups in total. The Morgan fingerprint density at radius 1 is 0.950 bits per heavy atom. The van der Waals surface area contributed by atoms with Crippen LogP contribution >= 0.6 is 0 Å². The predicted octanol–water partition coefficient (Wildman–Crippen LogP) is 3.18. The summed E-state index contributed by atoms with van der Waals surface area (Å²) in [7, 11) is 1.73. The lowest BCUT2D eigenvalue weighted by molar-refractivity contribution is 0.0605. The van der Waals surface area contributed by atoms with E-state index in [4.69, 9.17) is 15.2 Å². The van der Waals surface area contributed by atoms with Crippen molar-refractivity contribution >= 4 is 5.91 Å². The molecular formula is C31H33N3O6. The fraction of sp³-hybridized carbons (Fsp3) is 0.226. The van der Waals surface area contributed by atoms with Crippen LogP contribution in [-0.2, 0) is 13.6 Å². The zero-order chi connectivity index (χ0) is 28.5. The Bertz CT molecular complexity index is 1470. The Balaban J connectivity index is 1.34. The minimum absolute atomic E-state index is 0.00735. The summed E-state index contributed by atoms with van der Waals surface area (Å²) in [5.74, 6) is 0.0829. The Hall–Kier alpha value is -4.60. The lowest BCUT2D eigenvalue weighted by Gasteiger charge is -2.25. The van der Waals surface area contributed by atoms with E-state index in [0.717, 1.165) is 16.8 Å². The summed E-state index contributed by atoms with van der Waals surface area (Å²) in [5.41, 5.74) is 7.99. The third kappa shape index (κ3) is 7.72. The van der Waals surface area contributed by atoms with Crippen LogP contribution in [0.1, 0.15) is 15.9 Å². The summed E-state index contributed by atoms with van der Waals surface area (Å²) >= 11 is 0. The standard InChI is InChI=1S/C31H33N3O6/c1-33-28(8-5-9-30(33)37)23-10-12-25(13-11-23)40-21-24(35)20-34(19-22-6-3-2-4-7-22)16-17-39-26-14-15-29(36)27(18-26)31(32)38/h2-15,18,24,35-36H,16-17,19-21H2,1H3,(H2,32,38). The molecular weight excluding hydrogens is 510 g/mol. The first kappa shape index (κ1) is 28.4. The van der Waals surface area contributed by atoms with Crippen LogP contribution < -0.4 is 20.8 Å². The molecule has 0 aliphatic rings. The molecule has 4 aromatic rings. The molecule has 1 unspecified atom stereocenters. The fourth-order valence-corrected chi connectivity index (χ4v) is 4.29. The summed E-state index contributed by atoms with van der Waals surface area (Å²) in [6, 6.07) is 26.7. The Morgan fingerprint density at radius 2 is 1.68 bits per heavy atom. The van der Waals surface area contributed by atoms with Gasteiger partial charge in [-0.25, -0.2) is 0 Å². The van der Waals surface area contributed by atoms with Gasteiger partial charge in [0.25, 0.3) is 11.5 Å². The lowest BCUT2D eigenvalue weighted by atomic mass is 10.1. The SMILES string of the molecule is Cn1c(-c2ccc(OCC(O)CN(CCOc3ccc(O)c(C(N)=O)c3)Cc3ccccc3)cc2)cccc1=O. The van der Waals surface area contributed by atoms with Crippen molar-refractivity contribution in [2.24, 2.45) is 12.8 Å². The van der Waals surface area contributed by atoms with Crippen LogP contribution in [0.4, 0.5) is 0 Å². The Morgan fingerprint density at radius 3 is 2.40 bits per heavy atom. The highest BCUT2D eigenvalue weighted by atomic mass is 16.5. The third-order valence-corrected chi connectivity index (χ3v) is 6.40. The van der Waals surface area contributed by atoms with Crippen LogP contribution in [0.5, 0.6) is 17.2 Å². The number of hydrogen-bond donors (Lipinski definition) is 3. The number of rotatable bonds is 13. The molecule has 9 heteroatoms. The van der Waals surface area contributed by atoms with Gasteiger partial charge in [-0.15, -0.1) is 0 Å². The summed E-state index contributed by atoms with van der Waals surface area (Å²) in [5, 5.41) is 20.6. The largest absolute Gasteiger partial charge is 0.507 e. The monoisotopic (exact) mass is 543 g/mol. The Kier molecular flexibility index (Phi) is 9.56. The van der Waals surface area contributed by atoms with E-state index in [1.54, 1.807) is 23.7 Å². The van der Waals surface area contributed by atoms with Gasteiger partial charge in [-0.1, -0.05) is 36.4 Å². The predicted molar refractivity (Wildman–Crippen MR) is 152 cm³/mol. The van der Waals surface area contributed by atoms with E-state index >= 15 is 0 Å². The number of aliphatic hydroxyl groups is 1. The molecule has 0 bridgehead atoms.